The number of methoxy groups -OCH3 is 1. The Bertz CT molecular complexity index is 836. The highest BCUT2D eigenvalue weighted by molar-refractivity contribution is 6.04. The lowest BCUT2D eigenvalue weighted by Crippen LogP contribution is -2.27. The van der Waals surface area contributed by atoms with E-state index in [2.05, 4.69) is 22.4 Å². The number of benzene rings is 1. The van der Waals surface area contributed by atoms with Crippen LogP contribution in [0.3, 0.4) is 0 Å². The molecule has 132 valence electrons. The van der Waals surface area contributed by atoms with Crippen LogP contribution in [0.5, 0.6) is 0 Å². The summed E-state index contributed by atoms with van der Waals surface area (Å²) in [5, 5.41) is 3.28. The highest BCUT2D eigenvalue weighted by Gasteiger charge is 2.25. The first kappa shape index (κ1) is 17.3. The largest absolute Gasteiger partial charge is 0.465 e. The van der Waals surface area contributed by atoms with E-state index in [0.29, 0.717) is 22.5 Å². The van der Waals surface area contributed by atoms with Crippen LogP contribution >= 0.6 is 0 Å². The minimum atomic E-state index is -0.426. The van der Waals surface area contributed by atoms with Crippen molar-refractivity contribution in [3.8, 4) is 0 Å². The van der Waals surface area contributed by atoms with Crippen molar-refractivity contribution in [3.63, 3.8) is 0 Å². The second-order valence-electron chi connectivity index (χ2n) is 6.68. The molecule has 1 aromatic carbocycles. The van der Waals surface area contributed by atoms with Crippen molar-refractivity contribution in [1.29, 1.82) is 0 Å². The number of aryl methyl sites for hydroxylation is 3. The van der Waals surface area contributed by atoms with E-state index >= 15 is 0 Å². The molecular formula is C20H24N2O3. The zero-order valence-corrected chi connectivity index (χ0v) is 15.2. The van der Waals surface area contributed by atoms with Gasteiger partial charge in [0.1, 0.15) is 0 Å². The summed E-state index contributed by atoms with van der Waals surface area (Å²) in [5.41, 5.74) is 5.91. The van der Waals surface area contributed by atoms with Gasteiger partial charge in [-0.25, -0.2) is 4.79 Å². The van der Waals surface area contributed by atoms with E-state index in [4.69, 9.17) is 4.74 Å². The molecule has 0 bridgehead atoms. The molecule has 5 heteroatoms. The number of fused-ring (bicyclic) bond motifs is 1. The van der Waals surface area contributed by atoms with Crippen LogP contribution in [0.2, 0.25) is 0 Å². The Morgan fingerprint density at radius 2 is 1.92 bits per heavy atom. The average molecular weight is 340 g/mol. The van der Waals surface area contributed by atoms with Gasteiger partial charge in [-0.05, 0) is 68.9 Å². The minimum absolute atomic E-state index is 0.0729. The number of H-pyrrole nitrogens is 1. The van der Waals surface area contributed by atoms with Crippen molar-refractivity contribution in [3.05, 3.63) is 51.8 Å². The Kier molecular flexibility index (Phi) is 4.66. The van der Waals surface area contributed by atoms with Gasteiger partial charge < -0.3 is 15.0 Å². The Morgan fingerprint density at radius 3 is 2.64 bits per heavy atom. The van der Waals surface area contributed by atoms with E-state index < -0.39 is 12.0 Å². The first-order valence-corrected chi connectivity index (χ1v) is 8.62. The highest BCUT2D eigenvalue weighted by Crippen LogP contribution is 2.26. The number of aromatic nitrogens is 1. The Balaban J connectivity index is 1.80. The van der Waals surface area contributed by atoms with Crippen molar-refractivity contribution in [2.45, 2.75) is 46.1 Å². The van der Waals surface area contributed by atoms with Gasteiger partial charge in [-0.15, -0.1) is 0 Å². The van der Waals surface area contributed by atoms with Gasteiger partial charge in [0, 0.05) is 11.4 Å². The third-order valence-electron chi connectivity index (χ3n) is 4.95. The summed E-state index contributed by atoms with van der Waals surface area (Å²) >= 11 is 0. The third kappa shape index (κ3) is 3.18. The second-order valence-corrected chi connectivity index (χ2v) is 6.68. The molecule has 1 aliphatic carbocycles. The highest BCUT2D eigenvalue weighted by atomic mass is 16.5. The number of hydrogen-bond donors (Lipinski definition) is 2. The van der Waals surface area contributed by atoms with Crippen LogP contribution in [-0.4, -0.2) is 29.9 Å². The summed E-state index contributed by atoms with van der Waals surface area (Å²) in [6.07, 6.45) is 3.44. The van der Waals surface area contributed by atoms with E-state index in [-0.39, 0.29) is 5.78 Å². The van der Waals surface area contributed by atoms with Gasteiger partial charge >= 0.3 is 5.97 Å². The molecule has 1 atom stereocenters. The molecule has 3 rings (SSSR count). The molecule has 2 N–H and O–H groups in total. The van der Waals surface area contributed by atoms with Gasteiger partial charge in [0.15, 0.2) is 0 Å². The van der Waals surface area contributed by atoms with Crippen LogP contribution in [-0.2, 0) is 17.6 Å². The summed E-state index contributed by atoms with van der Waals surface area (Å²) < 4.78 is 4.80. The lowest BCUT2D eigenvalue weighted by atomic mass is 10.0. The van der Waals surface area contributed by atoms with Crippen molar-refractivity contribution >= 4 is 17.4 Å². The van der Waals surface area contributed by atoms with Crippen LogP contribution in [0.15, 0.2) is 18.2 Å². The van der Waals surface area contributed by atoms with Crippen LogP contribution in [0, 0.1) is 13.8 Å². The smallest absolute Gasteiger partial charge is 0.339 e. The summed E-state index contributed by atoms with van der Waals surface area (Å²) in [4.78, 5) is 27.8. The maximum absolute atomic E-state index is 12.8. The molecule has 0 fully saturated rings. The molecule has 0 radical (unpaired) electrons. The standard InChI is InChI=1S/C20H24N2O3/c1-11-17(20(24)25-4)12(2)22-18(11)19(23)13(3)21-16-9-8-14-6-5-7-15(14)10-16/h8-10,13,21-22H,5-7H2,1-4H3/t13-/m1/s1. The number of carbonyl (C=O) groups excluding carboxylic acids is 2. The van der Waals surface area contributed by atoms with E-state index in [1.54, 1.807) is 13.8 Å². The predicted molar refractivity (Wildman–Crippen MR) is 97.5 cm³/mol. The fourth-order valence-electron chi connectivity index (χ4n) is 3.60. The molecule has 0 aliphatic heterocycles. The van der Waals surface area contributed by atoms with Crippen molar-refractivity contribution in [1.82, 2.24) is 4.98 Å². The number of nitrogens with one attached hydrogen (secondary N) is 2. The Hall–Kier alpha value is -2.56. The number of Topliss-reactive ketones (excluding diaryl/α,β-unsaturated/α-hetero) is 1. The Labute approximate surface area is 147 Å². The monoisotopic (exact) mass is 340 g/mol. The first-order valence-electron chi connectivity index (χ1n) is 8.62. The molecule has 0 saturated carbocycles. The topological polar surface area (TPSA) is 71.2 Å². The quantitative estimate of drug-likeness (QED) is 0.644. The normalized spacial score (nSPS) is 14.1. The minimum Gasteiger partial charge on any atom is -0.465 e. The van der Waals surface area contributed by atoms with Gasteiger partial charge in [-0.2, -0.15) is 0 Å². The van der Waals surface area contributed by atoms with Crippen LogP contribution in [0.25, 0.3) is 0 Å². The fraction of sp³-hybridized carbons (Fsp3) is 0.400. The van der Waals surface area contributed by atoms with Gasteiger partial charge in [0.2, 0.25) is 5.78 Å². The summed E-state index contributed by atoms with van der Waals surface area (Å²) in [5.74, 6) is -0.499. The number of hydrogen-bond acceptors (Lipinski definition) is 4. The number of aromatic amines is 1. The lowest BCUT2D eigenvalue weighted by molar-refractivity contribution is 0.0599. The number of ether oxygens (including phenoxy) is 1. The molecule has 1 aromatic heterocycles. The summed E-state index contributed by atoms with van der Waals surface area (Å²) in [7, 11) is 1.34. The number of anilines is 1. The molecule has 5 nitrogen and oxygen atoms in total. The number of ketones is 1. The lowest BCUT2D eigenvalue weighted by Gasteiger charge is -2.15. The van der Waals surface area contributed by atoms with Crippen LogP contribution < -0.4 is 5.32 Å². The SMILES string of the molecule is COC(=O)c1c(C)[nH]c(C(=O)[C@@H](C)Nc2ccc3c(c2)CCC3)c1C. The van der Waals surface area contributed by atoms with Crippen LogP contribution in [0.1, 0.15) is 56.6 Å². The molecule has 0 saturated heterocycles. The van der Waals surface area contributed by atoms with Crippen molar-refractivity contribution in [2.24, 2.45) is 0 Å². The van der Waals surface area contributed by atoms with Crippen LogP contribution in [0.4, 0.5) is 5.69 Å². The van der Waals surface area contributed by atoms with Gasteiger partial charge in [-0.1, -0.05) is 6.07 Å². The molecule has 0 amide bonds. The molecule has 1 heterocycles. The zero-order chi connectivity index (χ0) is 18.1. The number of esters is 1. The average Bonchev–Trinajstić information content (AvgIpc) is 3.17. The van der Waals surface area contributed by atoms with E-state index in [1.165, 1.54) is 24.7 Å². The number of carbonyl (C=O) groups is 2. The third-order valence-corrected chi connectivity index (χ3v) is 4.95. The predicted octanol–water partition coefficient (Wildman–Crippen LogP) is 3.59. The molecule has 2 aromatic rings. The summed E-state index contributed by atoms with van der Waals surface area (Å²) in [6.45, 7) is 5.38. The first-order chi connectivity index (χ1) is 11.9. The maximum atomic E-state index is 12.8. The molecular weight excluding hydrogens is 316 g/mol. The van der Waals surface area contributed by atoms with E-state index in [9.17, 15) is 9.59 Å². The van der Waals surface area contributed by atoms with Gasteiger partial charge in [0.25, 0.3) is 0 Å². The van der Waals surface area contributed by atoms with Crippen molar-refractivity contribution < 1.29 is 14.3 Å². The van der Waals surface area contributed by atoms with Gasteiger partial charge in [0.05, 0.1) is 24.4 Å². The molecule has 0 unspecified atom stereocenters. The molecule has 1 aliphatic rings. The van der Waals surface area contributed by atoms with E-state index in [1.807, 2.05) is 13.0 Å². The maximum Gasteiger partial charge on any atom is 0.339 e. The fourth-order valence-corrected chi connectivity index (χ4v) is 3.60. The number of rotatable bonds is 5. The second kappa shape index (κ2) is 6.75. The molecule has 25 heavy (non-hydrogen) atoms. The summed E-state index contributed by atoms with van der Waals surface area (Å²) in [6, 6.07) is 5.91. The van der Waals surface area contributed by atoms with Gasteiger partial charge in [-0.3, -0.25) is 4.79 Å². The Morgan fingerprint density at radius 1 is 1.20 bits per heavy atom. The molecule has 0 spiro atoms. The van der Waals surface area contributed by atoms with E-state index in [0.717, 1.165) is 18.5 Å². The zero-order valence-electron chi connectivity index (χ0n) is 15.2. The van der Waals surface area contributed by atoms with Crippen molar-refractivity contribution in [2.75, 3.05) is 12.4 Å².